The average Bonchev–Trinajstić information content (AvgIpc) is 2.55. The lowest BCUT2D eigenvalue weighted by Gasteiger charge is -2.10. The number of nitrogens with two attached hydrogens (primary N) is 1. The average molecular weight is 394 g/mol. The smallest absolute Gasteiger partial charge is 0.260 e. The molecule has 128 valence electrons. The Kier molecular flexibility index (Phi) is 4.61. The Morgan fingerprint density at radius 3 is 2.04 bits per heavy atom. The van der Waals surface area contributed by atoms with Crippen LogP contribution in [0.25, 0.3) is 22.4 Å². The topological polar surface area (TPSA) is 109 Å². The van der Waals surface area contributed by atoms with Gasteiger partial charge in [0.2, 0.25) is 10.0 Å². The maximum Gasteiger partial charge on any atom is 0.260 e. The van der Waals surface area contributed by atoms with Crippen LogP contribution in [-0.2, 0) is 10.0 Å². The summed E-state index contributed by atoms with van der Waals surface area (Å²) in [6.07, 6.45) is 0. The molecule has 0 unspecified atom stereocenters. The van der Waals surface area contributed by atoms with Gasteiger partial charge in [-0.1, -0.05) is 35.9 Å². The first-order valence-corrected chi connectivity index (χ1v) is 9.35. The van der Waals surface area contributed by atoms with E-state index in [1.165, 1.54) is 12.1 Å². The van der Waals surface area contributed by atoms with Crippen LogP contribution in [-0.4, -0.2) is 18.4 Å². The minimum Gasteiger partial charge on any atom is -0.331 e. The zero-order chi connectivity index (χ0) is 18.2. The summed E-state index contributed by atoms with van der Waals surface area (Å²) < 4.78 is 23.0. The van der Waals surface area contributed by atoms with Crippen LogP contribution in [0.15, 0.2) is 58.2 Å². The highest BCUT2D eigenvalue weighted by atomic mass is 35.5. The highest BCUT2D eigenvalue weighted by Crippen LogP contribution is 2.28. The summed E-state index contributed by atoms with van der Waals surface area (Å²) >= 11 is 11.0. The van der Waals surface area contributed by atoms with Gasteiger partial charge in [-0.25, -0.2) is 13.6 Å². The summed E-state index contributed by atoms with van der Waals surface area (Å²) in [6.45, 7) is 0. The number of nitrogens with one attached hydrogen (secondary N) is 2. The van der Waals surface area contributed by atoms with E-state index < -0.39 is 10.0 Å². The quantitative estimate of drug-likeness (QED) is 0.594. The first-order valence-electron chi connectivity index (χ1n) is 7.01. The second kappa shape index (κ2) is 6.57. The lowest BCUT2D eigenvalue weighted by atomic mass is 10.0. The van der Waals surface area contributed by atoms with Crippen molar-refractivity contribution in [2.24, 2.45) is 5.14 Å². The number of rotatable bonds is 3. The Balaban J connectivity index is 2.24. The van der Waals surface area contributed by atoms with E-state index in [-0.39, 0.29) is 15.2 Å². The Bertz CT molecular complexity index is 1150. The number of aromatic amines is 2. The zero-order valence-corrected chi connectivity index (χ0v) is 15.0. The van der Waals surface area contributed by atoms with Crippen molar-refractivity contribution >= 4 is 33.8 Å². The molecule has 2 aromatic carbocycles. The fourth-order valence-corrected chi connectivity index (χ4v) is 3.24. The molecule has 1 aromatic heterocycles. The molecule has 0 aliphatic heterocycles. The molecule has 0 amide bonds. The molecule has 3 rings (SSSR count). The number of hydrogen-bond donors (Lipinski definition) is 3. The van der Waals surface area contributed by atoms with Crippen LogP contribution in [0, 0.1) is 4.77 Å². The van der Waals surface area contributed by atoms with Crippen LogP contribution in [0.5, 0.6) is 0 Å². The van der Waals surface area contributed by atoms with E-state index >= 15 is 0 Å². The van der Waals surface area contributed by atoms with E-state index in [0.717, 1.165) is 0 Å². The summed E-state index contributed by atoms with van der Waals surface area (Å²) in [5.74, 6) is 0. The van der Waals surface area contributed by atoms with Crippen molar-refractivity contribution in [3.63, 3.8) is 0 Å². The van der Waals surface area contributed by atoms with Crippen LogP contribution in [0.4, 0.5) is 0 Å². The summed E-state index contributed by atoms with van der Waals surface area (Å²) in [6, 6.07) is 12.6. The number of H-pyrrole nitrogens is 2. The van der Waals surface area contributed by atoms with Gasteiger partial charge in [0.25, 0.3) is 5.56 Å². The standard InChI is InChI=1S/C16H12ClN3O3S2/c17-11-5-1-9(2-6-11)13-14(19-16(24)20-15(13)21)10-3-7-12(8-4-10)25(18,22)23/h1-8H,(H2,18,22,23)(H2,19,20,21,24). The van der Waals surface area contributed by atoms with Gasteiger partial charge in [0.15, 0.2) is 4.77 Å². The largest absolute Gasteiger partial charge is 0.331 e. The predicted octanol–water partition coefficient (Wildman–Crippen LogP) is 3.07. The molecule has 6 nitrogen and oxygen atoms in total. The van der Waals surface area contributed by atoms with E-state index in [9.17, 15) is 13.2 Å². The molecule has 0 aliphatic rings. The molecular formula is C16H12ClN3O3S2. The third kappa shape index (κ3) is 3.72. The number of benzene rings is 2. The van der Waals surface area contributed by atoms with Gasteiger partial charge in [-0.15, -0.1) is 0 Å². The van der Waals surface area contributed by atoms with Gasteiger partial charge in [0.1, 0.15) is 0 Å². The van der Waals surface area contributed by atoms with Gasteiger partial charge >= 0.3 is 0 Å². The van der Waals surface area contributed by atoms with Crippen LogP contribution in [0.2, 0.25) is 5.02 Å². The minimum atomic E-state index is -3.80. The SMILES string of the molecule is NS(=O)(=O)c1ccc(-c2[nH]c(=S)[nH]c(=O)c2-c2ccc(Cl)cc2)cc1. The van der Waals surface area contributed by atoms with Crippen molar-refractivity contribution in [3.8, 4) is 22.4 Å². The van der Waals surface area contributed by atoms with Crippen molar-refractivity contribution < 1.29 is 8.42 Å². The number of sulfonamides is 1. The maximum atomic E-state index is 12.5. The van der Waals surface area contributed by atoms with Gasteiger partial charge in [-0.05, 0) is 47.6 Å². The Hall–Kier alpha value is -2.26. The van der Waals surface area contributed by atoms with Crippen molar-refractivity contribution in [1.82, 2.24) is 9.97 Å². The van der Waals surface area contributed by atoms with Gasteiger partial charge in [-0.3, -0.25) is 9.78 Å². The van der Waals surface area contributed by atoms with Crippen LogP contribution in [0.3, 0.4) is 0 Å². The molecule has 0 spiro atoms. The fraction of sp³-hybridized carbons (Fsp3) is 0. The molecule has 3 aromatic rings. The second-order valence-corrected chi connectivity index (χ2v) is 7.64. The number of primary sulfonamides is 1. The second-order valence-electron chi connectivity index (χ2n) is 5.23. The third-order valence-electron chi connectivity index (χ3n) is 3.55. The molecule has 1 heterocycles. The van der Waals surface area contributed by atoms with Crippen LogP contribution >= 0.6 is 23.8 Å². The maximum absolute atomic E-state index is 12.5. The summed E-state index contributed by atoms with van der Waals surface area (Å²) in [7, 11) is -3.80. The first kappa shape index (κ1) is 17.6. The van der Waals surface area contributed by atoms with E-state index in [0.29, 0.717) is 27.4 Å². The first-order chi connectivity index (χ1) is 11.8. The molecule has 0 aliphatic carbocycles. The fourth-order valence-electron chi connectivity index (χ4n) is 2.41. The summed E-state index contributed by atoms with van der Waals surface area (Å²) in [4.78, 5) is 17.9. The lowest BCUT2D eigenvalue weighted by Crippen LogP contribution is -2.13. The normalized spacial score (nSPS) is 11.4. The molecular weight excluding hydrogens is 382 g/mol. The van der Waals surface area contributed by atoms with Gasteiger partial charge in [0.05, 0.1) is 16.2 Å². The highest BCUT2D eigenvalue weighted by molar-refractivity contribution is 7.89. The third-order valence-corrected chi connectivity index (χ3v) is 4.93. The summed E-state index contributed by atoms with van der Waals surface area (Å²) in [5, 5.41) is 5.65. The van der Waals surface area contributed by atoms with Gasteiger partial charge in [0, 0.05) is 5.02 Å². The van der Waals surface area contributed by atoms with E-state index in [4.69, 9.17) is 29.0 Å². The highest BCUT2D eigenvalue weighted by Gasteiger charge is 2.14. The summed E-state index contributed by atoms with van der Waals surface area (Å²) in [5.41, 5.74) is 1.71. The predicted molar refractivity (Wildman–Crippen MR) is 99.5 cm³/mol. The molecule has 0 atom stereocenters. The monoisotopic (exact) mass is 393 g/mol. The van der Waals surface area contributed by atoms with Crippen LogP contribution in [0.1, 0.15) is 0 Å². The van der Waals surface area contributed by atoms with Crippen molar-refractivity contribution in [1.29, 1.82) is 0 Å². The van der Waals surface area contributed by atoms with Crippen molar-refractivity contribution in [2.75, 3.05) is 0 Å². The molecule has 0 saturated carbocycles. The lowest BCUT2D eigenvalue weighted by molar-refractivity contribution is 0.598. The Morgan fingerprint density at radius 2 is 1.48 bits per heavy atom. The number of halogens is 1. The van der Waals surface area contributed by atoms with E-state index in [1.54, 1.807) is 36.4 Å². The molecule has 25 heavy (non-hydrogen) atoms. The van der Waals surface area contributed by atoms with Gasteiger partial charge in [-0.2, -0.15) is 0 Å². The molecule has 4 N–H and O–H groups in total. The van der Waals surface area contributed by atoms with Crippen molar-refractivity contribution in [2.45, 2.75) is 4.90 Å². The molecule has 0 fully saturated rings. The van der Waals surface area contributed by atoms with Crippen LogP contribution < -0.4 is 10.7 Å². The Morgan fingerprint density at radius 1 is 0.920 bits per heavy atom. The number of aromatic nitrogens is 2. The molecule has 9 heteroatoms. The van der Waals surface area contributed by atoms with Gasteiger partial charge < -0.3 is 4.98 Å². The zero-order valence-electron chi connectivity index (χ0n) is 12.6. The molecule has 0 bridgehead atoms. The number of hydrogen-bond acceptors (Lipinski definition) is 4. The van der Waals surface area contributed by atoms with E-state index in [2.05, 4.69) is 9.97 Å². The van der Waals surface area contributed by atoms with E-state index in [1.807, 2.05) is 0 Å². The molecule has 0 saturated heterocycles. The molecule has 0 radical (unpaired) electrons. The Labute approximate surface area is 153 Å². The minimum absolute atomic E-state index is 0.0206. The van der Waals surface area contributed by atoms with Crippen molar-refractivity contribution in [3.05, 3.63) is 68.7 Å².